The number of halogens is 10. The van der Waals surface area contributed by atoms with Crippen LogP contribution in [-0.2, 0) is 28.1 Å². The Bertz CT molecular complexity index is 1830. The molecule has 15 heteroatoms. The molecule has 3 unspecified atom stereocenters. The monoisotopic (exact) mass is 792 g/mol. The lowest BCUT2D eigenvalue weighted by atomic mass is 9.98. The Kier molecular flexibility index (Phi) is 14.3. The van der Waals surface area contributed by atoms with Gasteiger partial charge in [-0.1, -0.05) is 32.2 Å². The third-order valence-electron chi connectivity index (χ3n) is 8.05. The molecule has 0 bridgehead atoms. The molecule has 4 rings (SSSR count). The summed E-state index contributed by atoms with van der Waals surface area (Å²) in [5.41, 5.74) is -3.22. The van der Waals surface area contributed by atoms with Crippen molar-refractivity contribution < 1.29 is 58.1 Å². The summed E-state index contributed by atoms with van der Waals surface area (Å²) in [4.78, 5) is 0. The van der Waals surface area contributed by atoms with Gasteiger partial charge in [0, 0.05) is 18.3 Å². The molecule has 1 heterocycles. The van der Waals surface area contributed by atoms with E-state index in [1.165, 1.54) is 11.8 Å². The second kappa shape index (κ2) is 18.1. The van der Waals surface area contributed by atoms with Crippen molar-refractivity contribution in [3.8, 4) is 5.75 Å². The van der Waals surface area contributed by atoms with E-state index in [2.05, 4.69) is 22.6 Å². The van der Waals surface area contributed by atoms with Crippen molar-refractivity contribution in [3.63, 3.8) is 0 Å². The predicted octanol–water partition coefficient (Wildman–Crippen LogP) is 12.2. The third kappa shape index (κ3) is 10.9. The molecule has 0 saturated carbocycles. The van der Waals surface area contributed by atoms with Crippen LogP contribution >= 0.6 is 21.0 Å². The summed E-state index contributed by atoms with van der Waals surface area (Å²) in [6, 6.07) is 4.88. The van der Waals surface area contributed by atoms with Crippen molar-refractivity contribution in [3.05, 3.63) is 142 Å². The molecule has 0 amide bonds. The average Bonchev–Trinajstić information content (AvgIpc) is 3.09. The molecule has 0 spiro atoms. The van der Waals surface area contributed by atoms with Crippen molar-refractivity contribution in [1.29, 1.82) is 0 Å². The van der Waals surface area contributed by atoms with Crippen LogP contribution in [0.1, 0.15) is 59.3 Å². The molecule has 0 radical (unpaired) electrons. The Hall–Kier alpha value is -3.74. The topological polar surface area (TPSA) is 27.7 Å². The van der Waals surface area contributed by atoms with Crippen LogP contribution in [0.5, 0.6) is 5.75 Å². The summed E-state index contributed by atoms with van der Waals surface area (Å²) in [5.74, 6) is -8.79. The molecule has 3 aromatic carbocycles. The molecule has 0 N–H and O–H groups in total. The summed E-state index contributed by atoms with van der Waals surface area (Å²) >= 11 is 1.46. The first-order valence-corrected chi connectivity index (χ1v) is 17.8. The molecule has 53 heavy (non-hydrogen) atoms. The van der Waals surface area contributed by atoms with Crippen LogP contribution in [0.15, 0.2) is 85.2 Å². The summed E-state index contributed by atoms with van der Waals surface area (Å²) in [6.07, 6.45) is -5.06. The van der Waals surface area contributed by atoms with Crippen LogP contribution in [0.2, 0.25) is 0 Å². The third-order valence-corrected chi connectivity index (χ3v) is 9.96. The summed E-state index contributed by atoms with van der Waals surface area (Å²) in [7, 11) is 2.01. The Labute approximate surface area is 307 Å². The van der Waals surface area contributed by atoms with Gasteiger partial charge < -0.3 is 14.2 Å². The smallest absolute Gasteiger partial charge is 0.429 e. The minimum Gasteiger partial charge on any atom is -0.429 e. The Morgan fingerprint density at radius 3 is 2.11 bits per heavy atom. The molecule has 1 aliphatic rings. The van der Waals surface area contributed by atoms with Gasteiger partial charge in [0.25, 0.3) is 0 Å². The summed E-state index contributed by atoms with van der Waals surface area (Å²) in [5, 5.41) is -0.261. The standard InChI is InChI=1S/C38H35F10O3PS/c1-4-11-49-19-23-7-10-34(53-20-23)26-15-30(41)35(31(42)16-26)38(47,48)50-22(3)6-5-21(2)25-13-32(43)36(33(44)14-25)51-37(45,46)27-9-8-24(29(40)17-27)12-28(52)18-39/h5-6,8-9,13-18,23,34H,2-4,7,10-12,19-20,52H2,1H3/b6-5-,28-18-. The number of rotatable bonds is 16. The summed E-state index contributed by atoms with van der Waals surface area (Å²) < 4.78 is 161. The first-order chi connectivity index (χ1) is 24.9. The lowest BCUT2D eigenvalue weighted by molar-refractivity contribution is -0.224. The van der Waals surface area contributed by atoms with Crippen LogP contribution in [0.25, 0.3) is 5.57 Å². The second-order valence-corrected chi connectivity index (χ2v) is 14.2. The number of allylic oxidation sites excluding steroid dienone is 4. The van der Waals surface area contributed by atoms with E-state index in [4.69, 9.17) is 4.74 Å². The fourth-order valence-electron chi connectivity index (χ4n) is 5.35. The Morgan fingerprint density at radius 2 is 1.55 bits per heavy atom. The minimum atomic E-state index is -4.52. The maximum Gasteiger partial charge on any atom is 0.432 e. The number of alkyl halides is 4. The van der Waals surface area contributed by atoms with Gasteiger partial charge in [0.2, 0.25) is 0 Å². The zero-order chi connectivity index (χ0) is 39.1. The van der Waals surface area contributed by atoms with E-state index in [0.29, 0.717) is 43.6 Å². The van der Waals surface area contributed by atoms with E-state index in [0.717, 1.165) is 49.3 Å². The Morgan fingerprint density at radius 1 is 0.887 bits per heavy atom. The van der Waals surface area contributed by atoms with Crippen LogP contribution in [-0.4, -0.2) is 19.0 Å². The van der Waals surface area contributed by atoms with Gasteiger partial charge >= 0.3 is 12.2 Å². The van der Waals surface area contributed by atoms with Gasteiger partial charge in [-0.25, -0.2) is 26.3 Å². The molecule has 1 fully saturated rings. The molecule has 3 aromatic rings. The molecule has 1 aliphatic heterocycles. The average molecular weight is 793 g/mol. The molecular formula is C38H35F10O3PS. The van der Waals surface area contributed by atoms with Crippen molar-refractivity contribution >= 4 is 26.6 Å². The van der Waals surface area contributed by atoms with Gasteiger partial charge in [-0.15, -0.1) is 9.24 Å². The highest BCUT2D eigenvalue weighted by atomic mass is 32.2. The van der Waals surface area contributed by atoms with Crippen molar-refractivity contribution in [2.24, 2.45) is 5.92 Å². The molecule has 1 saturated heterocycles. The second-order valence-electron chi connectivity index (χ2n) is 12.2. The van der Waals surface area contributed by atoms with Crippen LogP contribution in [0, 0.1) is 35.0 Å². The van der Waals surface area contributed by atoms with E-state index in [1.807, 2.05) is 16.2 Å². The number of hydrogen-bond acceptors (Lipinski definition) is 4. The van der Waals surface area contributed by atoms with Gasteiger partial charge in [-0.2, -0.15) is 29.3 Å². The molecule has 3 nitrogen and oxygen atoms in total. The van der Waals surface area contributed by atoms with E-state index in [1.54, 1.807) is 0 Å². The fourth-order valence-corrected chi connectivity index (χ4v) is 6.97. The first-order valence-electron chi connectivity index (χ1n) is 16.2. The molecular weight excluding hydrogens is 757 g/mol. The zero-order valence-corrected chi connectivity index (χ0v) is 30.3. The quantitative estimate of drug-likeness (QED) is 0.0475. The fraction of sp³-hybridized carbons (Fsp3) is 0.316. The maximum absolute atomic E-state index is 15.0. The molecule has 0 aromatic heterocycles. The molecule has 0 aliphatic carbocycles. The number of ether oxygens (including phenoxy) is 3. The highest BCUT2D eigenvalue weighted by molar-refractivity contribution is 7.99. The minimum absolute atomic E-state index is 0.0401. The molecule has 3 atom stereocenters. The number of hydrogen-bond donors (Lipinski definition) is 0. The maximum atomic E-state index is 15.0. The van der Waals surface area contributed by atoms with Crippen LogP contribution < -0.4 is 4.74 Å². The lowest BCUT2D eigenvalue weighted by Crippen LogP contribution is -2.23. The number of thioether (sulfide) groups is 1. The zero-order valence-electron chi connectivity index (χ0n) is 28.3. The van der Waals surface area contributed by atoms with Gasteiger partial charge in [-0.3, -0.25) is 0 Å². The predicted molar refractivity (Wildman–Crippen MR) is 188 cm³/mol. The van der Waals surface area contributed by atoms with E-state index in [-0.39, 0.29) is 51.5 Å². The first kappa shape index (κ1) is 42.0. The highest BCUT2D eigenvalue weighted by Gasteiger charge is 2.42. The van der Waals surface area contributed by atoms with Crippen LogP contribution in [0.3, 0.4) is 0 Å². The van der Waals surface area contributed by atoms with Gasteiger partial charge in [0.15, 0.2) is 17.4 Å². The SMILES string of the molecule is C=C(/C=C\C(=C)c1cc(F)c(OC(F)(F)c2ccc(C/C(P)=C/F)c(F)c2)c(F)c1)OC(F)(F)c1c(F)cc(C2CCC(COCCC)CS2)cc1F. The van der Waals surface area contributed by atoms with E-state index >= 15 is 8.78 Å². The van der Waals surface area contributed by atoms with Crippen LogP contribution in [0.4, 0.5) is 43.9 Å². The normalized spacial score (nSPS) is 16.9. The van der Waals surface area contributed by atoms with Crippen molar-refractivity contribution in [1.82, 2.24) is 0 Å². The Balaban J connectivity index is 1.40. The van der Waals surface area contributed by atoms with Gasteiger partial charge in [0.05, 0.1) is 18.5 Å². The largest absolute Gasteiger partial charge is 0.432 e. The van der Waals surface area contributed by atoms with E-state index in [9.17, 15) is 35.1 Å². The van der Waals surface area contributed by atoms with Crippen molar-refractivity contribution in [2.75, 3.05) is 19.0 Å². The lowest BCUT2D eigenvalue weighted by Gasteiger charge is -2.29. The highest BCUT2D eigenvalue weighted by Crippen LogP contribution is 2.44. The molecule has 286 valence electrons. The van der Waals surface area contributed by atoms with Gasteiger partial charge in [-0.05, 0) is 101 Å². The van der Waals surface area contributed by atoms with Crippen molar-refractivity contribution in [2.45, 2.75) is 50.1 Å². The summed E-state index contributed by atoms with van der Waals surface area (Å²) in [6.45, 7) is 10.0. The van der Waals surface area contributed by atoms with E-state index < -0.39 is 63.9 Å². The van der Waals surface area contributed by atoms with Gasteiger partial charge in [0.1, 0.15) is 28.8 Å². The number of benzene rings is 3.